The van der Waals surface area contributed by atoms with Crippen molar-refractivity contribution in [2.24, 2.45) is 5.92 Å². The summed E-state index contributed by atoms with van der Waals surface area (Å²) in [6, 6.07) is 0. The van der Waals surface area contributed by atoms with Gasteiger partial charge in [-0.05, 0) is 32.1 Å². The average Bonchev–Trinajstić information content (AvgIpc) is 2.72. The van der Waals surface area contributed by atoms with E-state index in [0.717, 1.165) is 12.5 Å². The molecule has 0 N–H and O–H groups in total. The van der Waals surface area contributed by atoms with Gasteiger partial charge in [-0.2, -0.15) is 0 Å². The van der Waals surface area contributed by atoms with Crippen LogP contribution in [0.4, 0.5) is 0 Å². The molecule has 0 aromatic carbocycles. The largest absolute Gasteiger partial charge is 0.379 e. The Morgan fingerprint density at radius 1 is 1.00 bits per heavy atom. The Bertz CT molecular complexity index is 121. The van der Waals surface area contributed by atoms with E-state index in [9.17, 15) is 0 Å². The normalized spacial score (nSPS) is 28.3. The summed E-state index contributed by atoms with van der Waals surface area (Å²) in [7, 11) is 0. The standard InChI is InChI=1S/C7H14.C6H12O/c1-2-7-5-3-4-6-7;1-6-4-2-3-5-7-6/h7H,2-6H2,1H3;6H,2-5H2,1H3. The molecule has 0 aromatic heterocycles. The lowest BCUT2D eigenvalue weighted by Gasteiger charge is -2.17. The zero-order valence-electron chi connectivity index (χ0n) is 9.93. The number of ether oxygens (including phenoxy) is 1. The molecule has 1 heteroatoms. The molecular formula is C13H26O. The molecule has 0 spiro atoms. The third kappa shape index (κ3) is 4.99. The summed E-state index contributed by atoms with van der Waals surface area (Å²) in [5, 5.41) is 0. The third-order valence-corrected chi connectivity index (χ3v) is 3.46. The molecule has 1 aliphatic heterocycles. The van der Waals surface area contributed by atoms with Crippen LogP contribution in [-0.2, 0) is 4.74 Å². The summed E-state index contributed by atoms with van der Waals surface area (Å²) in [6.07, 6.45) is 11.9. The Morgan fingerprint density at radius 2 is 1.64 bits per heavy atom. The Labute approximate surface area is 89.2 Å². The fourth-order valence-corrected chi connectivity index (χ4v) is 2.32. The maximum Gasteiger partial charge on any atom is 0.0547 e. The monoisotopic (exact) mass is 198 g/mol. The highest BCUT2D eigenvalue weighted by atomic mass is 16.5. The summed E-state index contributed by atoms with van der Waals surface area (Å²) in [6.45, 7) is 5.43. The molecule has 1 saturated carbocycles. The van der Waals surface area contributed by atoms with Gasteiger partial charge in [-0.3, -0.25) is 0 Å². The van der Waals surface area contributed by atoms with Crippen molar-refractivity contribution in [3.8, 4) is 0 Å². The molecule has 2 fully saturated rings. The van der Waals surface area contributed by atoms with Crippen molar-refractivity contribution in [3.63, 3.8) is 0 Å². The van der Waals surface area contributed by atoms with Gasteiger partial charge in [-0.25, -0.2) is 0 Å². The zero-order chi connectivity index (χ0) is 10.2. The minimum atomic E-state index is 0.536. The lowest BCUT2D eigenvalue weighted by molar-refractivity contribution is 0.0285. The molecule has 0 radical (unpaired) electrons. The lowest BCUT2D eigenvalue weighted by atomic mass is 10.1. The molecule has 1 aliphatic carbocycles. The van der Waals surface area contributed by atoms with Gasteiger partial charge in [0.2, 0.25) is 0 Å². The lowest BCUT2D eigenvalue weighted by Crippen LogP contribution is -2.14. The average molecular weight is 198 g/mol. The molecule has 2 rings (SSSR count). The smallest absolute Gasteiger partial charge is 0.0547 e. The van der Waals surface area contributed by atoms with Crippen molar-refractivity contribution in [1.82, 2.24) is 0 Å². The van der Waals surface area contributed by atoms with E-state index in [1.54, 1.807) is 0 Å². The molecule has 1 heterocycles. The van der Waals surface area contributed by atoms with E-state index in [-0.39, 0.29) is 0 Å². The van der Waals surface area contributed by atoms with Crippen LogP contribution in [-0.4, -0.2) is 12.7 Å². The second-order valence-corrected chi connectivity index (χ2v) is 4.74. The van der Waals surface area contributed by atoms with E-state index < -0.39 is 0 Å². The summed E-state index contributed by atoms with van der Waals surface area (Å²) in [5.74, 6) is 1.10. The SMILES string of the molecule is CC1CCCCO1.CCC1CCCC1. The second-order valence-electron chi connectivity index (χ2n) is 4.74. The van der Waals surface area contributed by atoms with Gasteiger partial charge in [0.1, 0.15) is 0 Å². The highest BCUT2D eigenvalue weighted by molar-refractivity contribution is 4.64. The molecule has 14 heavy (non-hydrogen) atoms. The molecule has 0 amide bonds. The Hall–Kier alpha value is -0.0400. The van der Waals surface area contributed by atoms with E-state index >= 15 is 0 Å². The summed E-state index contributed by atoms with van der Waals surface area (Å²) in [4.78, 5) is 0. The van der Waals surface area contributed by atoms with Crippen molar-refractivity contribution < 1.29 is 4.74 Å². The van der Waals surface area contributed by atoms with E-state index in [2.05, 4.69) is 13.8 Å². The van der Waals surface area contributed by atoms with Crippen LogP contribution in [0.2, 0.25) is 0 Å². The topological polar surface area (TPSA) is 9.23 Å². The van der Waals surface area contributed by atoms with Crippen LogP contribution in [0, 0.1) is 5.92 Å². The van der Waals surface area contributed by atoms with Gasteiger partial charge in [0.05, 0.1) is 6.10 Å². The predicted octanol–water partition coefficient (Wildman–Crippen LogP) is 4.16. The number of hydrogen-bond acceptors (Lipinski definition) is 1. The Balaban J connectivity index is 0.000000140. The van der Waals surface area contributed by atoms with Gasteiger partial charge in [-0.1, -0.05) is 39.0 Å². The van der Waals surface area contributed by atoms with Gasteiger partial charge < -0.3 is 4.74 Å². The molecule has 1 unspecified atom stereocenters. The van der Waals surface area contributed by atoms with Gasteiger partial charge in [0.15, 0.2) is 0 Å². The van der Waals surface area contributed by atoms with Crippen molar-refractivity contribution in [2.75, 3.05) is 6.61 Å². The fourth-order valence-electron chi connectivity index (χ4n) is 2.32. The Morgan fingerprint density at radius 3 is 1.93 bits per heavy atom. The van der Waals surface area contributed by atoms with Crippen LogP contribution in [0.25, 0.3) is 0 Å². The quantitative estimate of drug-likeness (QED) is 0.614. The van der Waals surface area contributed by atoms with E-state index in [1.807, 2.05) is 0 Å². The number of hydrogen-bond donors (Lipinski definition) is 0. The molecule has 0 aromatic rings. The second kappa shape index (κ2) is 7.28. The summed E-state index contributed by atoms with van der Waals surface area (Å²) >= 11 is 0. The molecule has 0 bridgehead atoms. The van der Waals surface area contributed by atoms with Crippen molar-refractivity contribution in [1.29, 1.82) is 0 Å². The highest BCUT2D eigenvalue weighted by Crippen LogP contribution is 2.26. The molecule has 1 nitrogen and oxygen atoms in total. The maximum atomic E-state index is 5.28. The van der Waals surface area contributed by atoms with Crippen LogP contribution in [0.5, 0.6) is 0 Å². The first-order chi connectivity index (χ1) is 6.83. The van der Waals surface area contributed by atoms with Gasteiger partial charge >= 0.3 is 0 Å². The minimum absolute atomic E-state index is 0.536. The van der Waals surface area contributed by atoms with Gasteiger partial charge in [-0.15, -0.1) is 0 Å². The van der Waals surface area contributed by atoms with Crippen LogP contribution in [0.3, 0.4) is 0 Å². The third-order valence-electron chi connectivity index (χ3n) is 3.46. The molecule has 1 atom stereocenters. The predicted molar refractivity (Wildman–Crippen MR) is 61.5 cm³/mol. The van der Waals surface area contributed by atoms with E-state index in [1.165, 1.54) is 51.4 Å². The molecular weight excluding hydrogens is 172 g/mol. The Kier molecular flexibility index (Phi) is 6.25. The van der Waals surface area contributed by atoms with Crippen LogP contribution >= 0.6 is 0 Å². The van der Waals surface area contributed by atoms with Gasteiger partial charge in [0, 0.05) is 6.61 Å². The first-order valence-electron chi connectivity index (χ1n) is 6.44. The van der Waals surface area contributed by atoms with E-state index in [0.29, 0.717) is 6.10 Å². The van der Waals surface area contributed by atoms with Crippen molar-refractivity contribution >= 4 is 0 Å². The number of rotatable bonds is 1. The van der Waals surface area contributed by atoms with Crippen LogP contribution in [0.1, 0.15) is 65.2 Å². The van der Waals surface area contributed by atoms with Crippen LogP contribution < -0.4 is 0 Å². The minimum Gasteiger partial charge on any atom is -0.379 e. The van der Waals surface area contributed by atoms with Crippen LogP contribution in [0.15, 0.2) is 0 Å². The van der Waals surface area contributed by atoms with Gasteiger partial charge in [0.25, 0.3) is 0 Å². The van der Waals surface area contributed by atoms with E-state index in [4.69, 9.17) is 4.74 Å². The molecule has 84 valence electrons. The molecule has 1 saturated heterocycles. The highest BCUT2D eigenvalue weighted by Gasteiger charge is 2.11. The summed E-state index contributed by atoms with van der Waals surface area (Å²) < 4.78 is 5.28. The zero-order valence-corrected chi connectivity index (χ0v) is 9.93. The first-order valence-corrected chi connectivity index (χ1v) is 6.44. The fraction of sp³-hybridized carbons (Fsp3) is 1.00. The van der Waals surface area contributed by atoms with Crippen molar-refractivity contribution in [2.45, 2.75) is 71.3 Å². The first kappa shape index (κ1) is 12.0. The molecule has 2 aliphatic rings. The summed E-state index contributed by atoms with van der Waals surface area (Å²) in [5.41, 5.74) is 0. The maximum absolute atomic E-state index is 5.28. The van der Waals surface area contributed by atoms with Crippen molar-refractivity contribution in [3.05, 3.63) is 0 Å².